The van der Waals surface area contributed by atoms with E-state index in [-0.39, 0.29) is 0 Å². The first-order chi connectivity index (χ1) is 6.84. The van der Waals surface area contributed by atoms with Gasteiger partial charge in [-0.15, -0.1) is 11.3 Å². The molecule has 3 heteroatoms. The normalized spacial score (nSPS) is 32.4. The monoisotopic (exact) mass is 208 g/mol. The van der Waals surface area contributed by atoms with Gasteiger partial charge in [-0.25, -0.2) is 4.98 Å². The highest BCUT2D eigenvalue weighted by molar-refractivity contribution is 7.09. The summed E-state index contributed by atoms with van der Waals surface area (Å²) in [5.41, 5.74) is 7.36. The minimum absolute atomic E-state index is 0.365. The molecule has 0 aromatic carbocycles. The molecule has 1 aromatic heterocycles. The zero-order valence-electron chi connectivity index (χ0n) is 8.28. The SMILES string of the molecule is NC1CCCC1c1csc(C2CC2)n1. The van der Waals surface area contributed by atoms with Crippen molar-refractivity contribution in [3.8, 4) is 0 Å². The molecule has 14 heavy (non-hydrogen) atoms. The van der Waals surface area contributed by atoms with Crippen molar-refractivity contribution in [2.45, 2.75) is 50.0 Å². The van der Waals surface area contributed by atoms with Crippen LogP contribution in [-0.4, -0.2) is 11.0 Å². The van der Waals surface area contributed by atoms with Gasteiger partial charge in [0.2, 0.25) is 0 Å². The maximum atomic E-state index is 6.08. The van der Waals surface area contributed by atoms with Crippen LogP contribution < -0.4 is 5.73 Å². The van der Waals surface area contributed by atoms with Gasteiger partial charge >= 0.3 is 0 Å². The van der Waals surface area contributed by atoms with Gasteiger partial charge in [0.25, 0.3) is 0 Å². The molecule has 0 saturated heterocycles. The minimum Gasteiger partial charge on any atom is -0.327 e. The molecule has 2 saturated carbocycles. The highest BCUT2D eigenvalue weighted by Crippen LogP contribution is 2.43. The van der Waals surface area contributed by atoms with Gasteiger partial charge < -0.3 is 5.73 Å². The topological polar surface area (TPSA) is 38.9 Å². The van der Waals surface area contributed by atoms with E-state index in [4.69, 9.17) is 10.7 Å². The van der Waals surface area contributed by atoms with Crippen LogP contribution >= 0.6 is 11.3 Å². The van der Waals surface area contributed by atoms with E-state index in [2.05, 4.69) is 5.38 Å². The summed E-state index contributed by atoms with van der Waals surface area (Å²) in [6.45, 7) is 0. The molecule has 2 aliphatic rings. The number of thiazole rings is 1. The Morgan fingerprint density at radius 2 is 2.14 bits per heavy atom. The van der Waals surface area contributed by atoms with Gasteiger partial charge in [-0.05, 0) is 25.7 Å². The number of hydrogen-bond acceptors (Lipinski definition) is 3. The second-order valence-corrected chi connectivity index (χ2v) is 5.48. The van der Waals surface area contributed by atoms with Crippen LogP contribution in [0.3, 0.4) is 0 Å². The Morgan fingerprint density at radius 1 is 1.29 bits per heavy atom. The summed E-state index contributed by atoms with van der Waals surface area (Å²) < 4.78 is 0. The summed E-state index contributed by atoms with van der Waals surface area (Å²) in [7, 11) is 0. The summed E-state index contributed by atoms with van der Waals surface area (Å²) in [6.07, 6.45) is 6.41. The highest BCUT2D eigenvalue weighted by atomic mass is 32.1. The largest absolute Gasteiger partial charge is 0.327 e. The van der Waals surface area contributed by atoms with E-state index in [9.17, 15) is 0 Å². The lowest BCUT2D eigenvalue weighted by atomic mass is 10.0. The number of nitrogens with zero attached hydrogens (tertiary/aromatic N) is 1. The maximum absolute atomic E-state index is 6.08. The standard InChI is InChI=1S/C11H16N2S/c12-9-3-1-2-8(9)10-6-14-11(13-10)7-4-5-7/h6-9H,1-5,12H2. The van der Waals surface area contributed by atoms with Gasteiger partial charge in [-0.3, -0.25) is 0 Å². The molecule has 76 valence electrons. The third kappa shape index (κ3) is 1.48. The smallest absolute Gasteiger partial charge is 0.0959 e. The molecule has 2 aliphatic carbocycles. The first kappa shape index (κ1) is 8.86. The predicted octanol–water partition coefficient (Wildman–Crippen LogP) is 2.62. The number of rotatable bonds is 2. The zero-order valence-corrected chi connectivity index (χ0v) is 9.09. The quantitative estimate of drug-likeness (QED) is 0.811. The molecule has 2 atom stereocenters. The minimum atomic E-state index is 0.365. The van der Waals surface area contributed by atoms with Crippen molar-refractivity contribution >= 4 is 11.3 Å². The Bertz CT molecular complexity index is 330. The Kier molecular flexibility index (Phi) is 2.10. The fourth-order valence-corrected chi connectivity index (χ4v) is 3.40. The maximum Gasteiger partial charge on any atom is 0.0959 e. The third-order valence-electron chi connectivity index (χ3n) is 3.42. The van der Waals surface area contributed by atoms with Crippen LogP contribution in [-0.2, 0) is 0 Å². The lowest BCUT2D eigenvalue weighted by molar-refractivity contribution is 0.600. The molecular weight excluding hydrogens is 192 g/mol. The van der Waals surface area contributed by atoms with Crippen molar-refractivity contribution in [3.63, 3.8) is 0 Å². The second kappa shape index (κ2) is 3.31. The molecule has 2 N–H and O–H groups in total. The van der Waals surface area contributed by atoms with Crippen LogP contribution in [0.15, 0.2) is 5.38 Å². The van der Waals surface area contributed by atoms with Gasteiger partial charge in [0.15, 0.2) is 0 Å². The first-order valence-electron chi connectivity index (χ1n) is 5.55. The van der Waals surface area contributed by atoms with E-state index in [0.29, 0.717) is 12.0 Å². The van der Waals surface area contributed by atoms with E-state index in [1.807, 2.05) is 11.3 Å². The van der Waals surface area contributed by atoms with Crippen molar-refractivity contribution in [1.29, 1.82) is 0 Å². The van der Waals surface area contributed by atoms with Crippen molar-refractivity contribution in [2.24, 2.45) is 5.73 Å². The van der Waals surface area contributed by atoms with Crippen molar-refractivity contribution in [3.05, 3.63) is 16.1 Å². The van der Waals surface area contributed by atoms with E-state index < -0.39 is 0 Å². The van der Waals surface area contributed by atoms with Gasteiger partial charge in [0.05, 0.1) is 10.7 Å². The van der Waals surface area contributed by atoms with E-state index in [1.54, 1.807) is 0 Å². The Hall–Kier alpha value is -0.410. The summed E-state index contributed by atoms with van der Waals surface area (Å²) in [5.74, 6) is 1.35. The van der Waals surface area contributed by atoms with Gasteiger partial charge in [-0.2, -0.15) is 0 Å². The average Bonchev–Trinajstić information content (AvgIpc) is 2.75. The van der Waals surface area contributed by atoms with Crippen molar-refractivity contribution in [2.75, 3.05) is 0 Å². The summed E-state index contributed by atoms with van der Waals surface area (Å²) in [5, 5.41) is 3.60. The van der Waals surface area contributed by atoms with Crippen LogP contribution in [0.4, 0.5) is 0 Å². The van der Waals surface area contributed by atoms with Gasteiger partial charge in [-0.1, -0.05) is 6.42 Å². The number of aromatic nitrogens is 1. The Balaban J connectivity index is 1.81. The molecule has 2 unspecified atom stereocenters. The van der Waals surface area contributed by atoms with Gasteiger partial charge in [0.1, 0.15) is 0 Å². The predicted molar refractivity (Wildman–Crippen MR) is 58.7 cm³/mol. The molecular formula is C11H16N2S. The molecule has 0 bridgehead atoms. The van der Waals surface area contributed by atoms with E-state index in [0.717, 1.165) is 5.92 Å². The lowest BCUT2D eigenvalue weighted by Crippen LogP contribution is -2.22. The molecule has 1 heterocycles. The first-order valence-corrected chi connectivity index (χ1v) is 6.43. The van der Waals surface area contributed by atoms with Crippen LogP contribution in [0.5, 0.6) is 0 Å². The summed E-state index contributed by atoms with van der Waals surface area (Å²) >= 11 is 1.84. The van der Waals surface area contributed by atoms with E-state index >= 15 is 0 Å². The van der Waals surface area contributed by atoms with E-state index in [1.165, 1.54) is 42.8 Å². The lowest BCUT2D eigenvalue weighted by Gasteiger charge is -2.11. The fourth-order valence-electron chi connectivity index (χ4n) is 2.34. The van der Waals surface area contributed by atoms with Crippen LogP contribution in [0.25, 0.3) is 0 Å². The fraction of sp³-hybridized carbons (Fsp3) is 0.727. The molecule has 0 spiro atoms. The highest BCUT2D eigenvalue weighted by Gasteiger charge is 2.31. The van der Waals surface area contributed by atoms with Crippen LogP contribution in [0.1, 0.15) is 54.6 Å². The van der Waals surface area contributed by atoms with Crippen molar-refractivity contribution < 1.29 is 0 Å². The molecule has 3 rings (SSSR count). The van der Waals surface area contributed by atoms with Crippen LogP contribution in [0.2, 0.25) is 0 Å². The zero-order chi connectivity index (χ0) is 9.54. The molecule has 0 aliphatic heterocycles. The number of hydrogen-bond donors (Lipinski definition) is 1. The third-order valence-corrected chi connectivity index (χ3v) is 4.44. The molecule has 1 aromatic rings. The Labute approximate surface area is 88.5 Å². The molecule has 0 amide bonds. The van der Waals surface area contributed by atoms with Crippen LogP contribution in [0, 0.1) is 0 Å². The molecule has 2 fully saturated rings. The average molecular weight is 208 g/mol. The number of nitrogens with two attached hydrogens (primary N) is 1. The Morgan fingerprint density at radius 3 is 2.79 bits per heavy atom. The molecule has 0 radical (unpaired) electrons. The summed E-state index contributed by atoms with van der Waals surface area (Å²) in [6, 6.07) is 0.365. The summed E-state index contributed by atoms with van der Waals surface area (Å²) in [4.78, 5) is 4.74. The van der Waals surface area contributed by atoms with Gasteiger partial charge in [0, 0.05) is 23.3 Å². The molecule has 2 nitrogen and oxygen atoms in total. The second-order valence-electron chi connectivity index (χ2n) is 4.59. The van der Waals surface area contributed by atoms with Crippen molar-refractivity contribution in [1.82, 2.24) is 4.98 Å².